The summed E-state index contributed by atoms with van der Waals surface area (Å²) < 4.78 is 13.3. The molecule has 0 bridgehead atoms. The zero-order chi connectivity index (χ0) is 21.1. The van der Waals surface area contributed by atoms with Crippen LogP contribution in [-0.4, -0.2) is 43.3 Å². The monoisotopic (exact) mass is 408 g/mol. The van der Waals surface area contributed by atoms with E-state index >= 15 is 0 Å². The standard InChI is InChI=1S/C25H29FN2O2/c1-27(13-10-18-6-4-8-22(26)14-18)11-3-2-9-23(29)20-15-19-7-5-12-28-24(30)17-21(16-20)25(19)28/h4,6,8,14-16H,2-3,5,7,9-13,17H2,1H3. The van der Waals surface area contributed by atoms with Crippen LogP contribution in [0.15, 0.2) is 36.4 Å². The van der Waals surface area contributed by atoms with Gasteiger partial charge >= 0.3 is 0 Å². The molecule has 0 spiro atoms. The first-order valence-corrected chi connectivity index (χ1v) is 10.9. The molecule has 0 N–H and O–H groups in total. The average molecular weight is 409 g/mol. The van der Waals surface area contributed by atoms with E-state index in [0.29, 0.717) is 12.8 Å². The first-order chi connectivity index (χ1) is 14.5. The third-order valence-corrected chi connectivity index (χ3v) is 6.20. The first kappa shape index (κ1) is 20.7. The number of anilines is 1. The van der Waals surface area contributed by atoms with E-state index in [1.54, 1.807) is 12.1 Å². The summed E-state index contributed by atoms with van der Waals surface area (Å²) in [5.41, 5.74) is 5.03. The molecule has 2 aliphatic rings. The average Bonchev–Trinajstić information content (AvgIpc) is 3.06. The molecule has 0 aromatic heterocycles. The number of hydrogen-bond donors (Lipinski definition) is 0. The zero-order valence-corrected chi connectivity index (χ0v) is 17.6. The molecule has 2 aromatic rings. The topological polar surface area (TPSA) is 40.6 Å². The Morgan fingerprint density at radius 1 is 1.13 bits per heavy atom. The molecular formula is C25H29FN2O2. The number of aryl methyl sites for hydroxylation is 1. The molecule has 0 saturated carbocycles. The number of unbranched alkanes of at least 4 members (excludes halogenated alkanes) is 1. The second kappa shape index (κ2) is 9.09. The quantitative estimate of drug-likeness (QED) is 0.461. The van der Waals surface area contributed by atoms with E-state index in [1.165, 1.54) is 6.07 Å². The Labute approximate surface area is 177 Å². The Bertz CT molecular complexity index is 956. The van der Waals surface area contributed by atoms with Crippen LogP contribution in [0.5, 0.6) is 0 Å². The lowest BCUT2D eigenvalue weighted by molar-refractivity contribution is -0.117. The molecule has 0 aliphatic carbocycles. The fraction of sp³-hybridized carbons (Fsp3) is 0.440. The Balaban J connectivity index is 1.24. The minimum Gasteiger partial charge on any atom is -0.312 e. The fourth-order valence-corrected chi connectivity index (χ4v) is 4.58. The molecule has 2 aromatic carbocycles. The van der Waals surface area contributed by atoms with E-state index in [2.05, 4.69) is 11.9 Å². The molecule has 0 fully saturated rings. The van der Waals surface area contributed by atoms with Gasteiger partial charge < -0.3 is 9.80 Å². The van der Waals surface area contributed by atoms with Crippen molar-refractivity contribution in [1.29, 1.82) is 0 Å². The van der Waals surface area contributed by atoms with Crippen LogP contribution in [-0.2, 0) is 24.1 Å². The van der Waals surface area contributed by atoms with Crippen molar-refractivity contribution >= 4 is 17.4 Å². The van der Waals surface area contributed by atoms with Gasteiger partial charge in [0.25, 0.3) is 0 Å². The highest BCUT2D eigenvalue weighted by molar-refractivity contribution is 6.05. The maximum absolute atomic E-state index is 13.3. The number of carbonyl (C=O) groups is 2. The van der Waals surface area contributed by atoms with Crippen LogP contribution in [0.1, 0.15) is 52.7 Å². The van der Waals surface area contributed by atoms with Crippen LogP contribution in [0.2, 0.25) is 0 Å². The van der Waals surface area contributed by atoms with Gasteiger partial charge in [0.1, 0.15) is 5.82 Å². The lowest BCUT2D eigenvalue weighted by atomic mass is 9.94. The number of amides is 1. The molecule has 4 nitrogen and oxygen atoms in total. The van der Waals surface area contributed by atoms with Crippen LogP contribution in [0.3, 0.4) is 0 Å². The van der Waals surface area contributed by atoms with E-state index in [4.69, 9.17) is 0 Å². The van der Waals surface area contributed by atoms with Gasteiger partial charge in [0, 0.05) is 25.1 Å². The summed E-state index contributed by atoms with van der Waals surface area (Å²) in [6.07, 6.45) is 5.51. The van der Waals surface area contributed by atoms with Crippen molar-refractivity contribution in [2.75, 3.05) is 31.6 Å². The molecule has 2 aliphatic heterocycles. The van der Waals surface area contributed by atoms with Gasteiger partial charge in [-0.1, -0.05) is 12.1 Å². The highest BCUT2D eigenvalue weighted by Crippen LogP contribution is 2.37. The molecule has 0 atom stereocenters. The summed E-state index contributed by atoms with van der Waals surface area (Å²) >= 11 is 0. The smallest absolute Gasteiger partial charge is 0.231 e. The van der Waals surface area contributed by atoms with Gasteiger partial charge in [0.15, 0.2) is 5.78 Å². The number of Topliss-reactive ketones (excluding diaryl/α,β-unsaturated/α-hetero) is 1. The minimum absolute atomic E-state index is 0.164. The molecule has 158 valence electrons. The number of benzene rings is 2. The molecule has 0 saturated heterocycles. The summed E-state index contributed by atoms with van der Waals surface area (Å²) in [5, 5.41) is 0. The number of nitrogens with zero attached hydrogens (tertiary/aromatic N) is 2. The van der Waals surface area contributed by atoms with Crippen LogP contribution >= 0.6 is 0 Å². The van der Waals surface area contributed by atoms with Crippen LogP contribution in [0, 0.1) is 5.82 Å². The van der Waals surface area contributed by atoms with Gasteiger partial charge in [-0.2, -0.15) is 0 Å². The molecule has 0 radical (unpaired) electrons. The summed E-state index contributed by atoms with van der Waals surface area (Å²) in [7, 11) is 2.06. The van der Waals surface area contributed by atoms with Gasteiger partial charge in [-0.25, -0.2) is 4.39 Å². The van der Waals surface area contributed by atoms with E-state index in [0.717, 1.165) is 79.7 Å². The number of carbonyl (C=O) groups excluding carboxylic acids is 2. The van der Waals surface area contributed by atoms with Gasteiger partial charge in [0.2, 0.25) is 5.91 Å². The van der Waals surface area contributed by atoms with Crippen molar-refractivity contribution in [1.82, 2.24) is 4.90 Å². The van der Waals surface area contributed by atoms with E-state index in [9.17, 15) is 14.0 Å². The third-order valence-electron chi connectivity index (χ3n) is 6.20. The number of rotatable bonds is 9. The van der Waals surface area contributed by atoms with Crippen molar-refractivity contribution in [3.8, 4) is 0 Å². The second-order valence-corrected chi connectivity index (χ2v) is 8.53. The molecule has 30 heavy (non-hydrogen) atoms. The normalized spacial score (nSPS) is 15.0. The van der Waals surface area contributed by atoms with E-state index < -0.39 is 0 Å². The highest BCUT2D eigenvalue weighted by Gasteiger charge is 2.32. The largest absolute Gasteiger partial charge is 0.312 e. The summed E-state index contributed by atoms with van der Waals surface area (Å²) in [4.78, 5) is 29.0. The zero-order valence-electron chi connectivity index (χ0n) is 17.6. The van der Waals surface area contributed by atoms with Crippen LogP contribution in [0.25, 0.3) is 0 Å². The second-order valence-electron chi connectivity index (χ2n) is 8.53. The number of ketones is 1. The Morgan fingerprint density at radius 3 is 2.80 bits per heavy atom. The van der Waals surface area contributed by atoms with Gasteiger partial charge in [0.05, 0.1) is 12.1 Å². The molecule has 0 unspecified atom stereocenters. The summed E-state index contributed by atoms with van der Waals surface area (Å²) in [6.45, 7) is 2.59. The molecule has 2 heterocycles. The maximum Gasteiger partial charge on any atom is 0.231 e. The number of likely N-dealkylation sites (N-methyl/N-ethyl adjacent to an activating group) is 1. The predicted molar refractivity (Wildman–Crippen MR) is 117 cm³/mol. The predicted octanol–water partition coefficient (Wildman–Crippen LogP) is 4.19. The first-order valence-electron chi connectivity index (χ1n) is 10.9. The maximum atomic E-state index is 13.3. The lowest BCUT2D eigenvalue weighted by Gasteiger charge is -2.25. The SMILES string of the molecule is CN(CCCCC(=O)c1cc2c3c(c1)CC(=O)N3CCC2)CCc1cccc(F)c1. The van der Waals surface area contributed by atoms with Crippen molar-refractivity contribution in [3.05, 3.63) is 64.5 Å². The molecule has 1 amide bonds. The Kier molecular flexibility index (Phi) is 6.28. The summed E-state index contributed by atoms with van der Waals surface area (Å²) in [5.74, 6) is 0.149. The van der Waals surface area contributed by atoms with E-state index in [-0.39, 0.29) is 17.5 Å². The van der Waals surface area contributed by atoms with Crippen molar-refractivity contribution in [3.63, 3.8) is 0 Å². The Morgan fingerprint density at radius 2 is 1.97 bits per heavy atom. The van der Waals surface area contributed by atoms with Crippen molar-refractivity contribution < 1.29 is 14.0 Å². The van der Waals surface area contributed by atoms with Gasteiger partial charge in [-0.15, -0.1) is 0 Å². The van der Waals surface area contributed by atoms with E-state index in [1.807, 2.05) is 23.1 Å². The number of hydrogen-bond acceptors (Lipinski definition) is 3. The van der Waals surface area contributed by atoms with Crippen LogP contribution in [0.4, 0.5) is 10.1 Å². The summed E-state index contributed by atoms with van der Waals surface area (Å²) in [6, 6.07) is 10.7. The highest BCUT2D eigenvalue weighted by atomic mass is 19.1. The fourth-order valence-electron chi connectivity index (χ4n) is 4.58. The van der Waals surface area contributed by atoms with Crippen LogP contribution < -0.4 is 4.90 Å². The van der Waals surface area contributed by atoms with Crippen molar-refractivity contribution in [2.24, 2.45) is 0 Å². The van der Waals surface area contributed by atoms with Gasteiger partial charge in [-0.05, 0) is 86.7 Å². The molecular weight excluding hydrogens is 379 g/mol. The number of halogens is 1. The lowest BCUT2D eigenvalue weighted by Crippen LogP contribution is -2.31. The Hall–Kier alpha value is -2.53. The third kappa shape index (κ3) is 4.62. The van der Waals surface area contributed by atoms with Crippen molar-refractivity contribution in [2.45, 2.75) is 44.9 Å². The molecule has 5 heteroatoms. The minimum atomic E-state index is -0.188. The molecule has 4 rings (SSSR count). The van der Waals surface area contributed by atoms with Gasteiger partial charge in [-0.3, -0.25) is 9.59 Å².